The van der Waals surface area contributed by atoms with Crippen LogP contribution in [0.25, 0.3) is 10.9 Å². The highest BCUT2D eigenvalue weighted by Crippen LogP contribution is 2.55. The van der Waals surface area contributed by atoms with Gasteiger partial charge >= 0.3 is 0 Å². The number of carbonyl (C=O) groups is 2. The molecule has 2 aromatic heterocycles. The number of fused-ring (bicyclic) bond motifs is 1. The molecule has 4 fully saturated rings. The number of hydrogen-bond acceptors (Lipinski definition) is 9. The molecule has 1 aliphatic carbocycles. The van der Waals surface area contributed by atoms with Crippen LogP contribution in [0.3, 0.4) is 0 Å². The van der Waals surface area contributed by atoms with Crippen molar-refractivity contribution in [3.05, 3.63) is 47.4 Å². The number of imide groups is 1. The first kappa shape index (κ1) is 33.0. The standard InChI is InChI=1S/C33H42F2N8O4S/c1-41-28-17-22(3-4-25(28)30(40-41)26-5-6-29(44)39-31(26)45)21-7-12-42(13-8-21)11-2-16-48(46,47)43-14-9-24(10-15-43)38-32-36-19-23(20-37-32)27-18-33(27,34)35/h3-4,17,19-21,24,26-27H,2,5-16,18H2,1H3,(H,36,37,38)(H,39,44,45). The summed E-state index contributed by atoms with van der Waals surface area (Å²) < 4.78 is 56.2. The Morgan fingerprint density at radius 2 is 1.71 bits per heavy atom. The number of benzene rings is 1. The maximum Gasteiger partial charge on any atom is 0.256 e. The van der Waals surface area contributed by atoms with E-state index < -0.39 is 27.8 Å². The number of amides is 2. The zero-order valence-corrected chi connectivity index (χ0v) is 27.9. The third-order valence-corrected chi connectivity index (χ3v) is 12.4. The third-order valence-electron chi connectivity index (χ3n) is 10.5. The molecule has 0 spiro atoms. The summed E-state index contributed by atoms with van der Waals surface area (Å²) in [5.41, 5.74) is 3.39. The van der Waals surface area contributed by atoms with Gasteiger partial charge < -0.3 is 10.2 Å². The van der Waals surface area contributed by atoms with Gasteiger partial charge in [0.05, 0.1) is 28.8 Å². The Hall–Kier alpha value is -3.56. The van der Waals surface area contributed by atoms with Crippen molar-refractivity contribution in [3.8, 4) is 0 Å². The molecule has 2 N–H and O–H groups in total. The molecule has 5 heterocycles. The molecule has 1 aromatic carbocycles. The van der Waals surface area contributed by atoms with Gasteiger partial charge in [0.2, 0.25) is 27.8 Å². The van der Waals surface area contributed by atoms with Crippen molar-refractivity contribution in [1.29, 1.82) is 0 Å². The lowest BCUT2D eigenvalue weighted by atomic mass is 9.88. The minimum absolute atomic E-state index is 0.0250. The zero-order chi connectivity index (χ0) is 33.6. The molecular weight excluding hydrogens is 642 g/mol. The Labute approximate surface area is 278 Å². The van der Waals surface area contributed by atoms with Crippen LogP contribution in [0.5, 0.6) is 0 Å². The van der Waals surface area contributed by atoms with Crippen LogP contribution in [0.2, 0.25) is 0 Å². The minimum Gasteiger partial charge on any atom is -0.351 e. The van der Waals surface area contributed by atoms with E-state index in [4.69, 9.17) is 0 Å². The Kier molecular flexibility index (Phi) is 8.96. The molecule has 12 nitrogen and oxygen atoms in total. The quantitative estimate of drug-likeness (QED) is 0.307. The van der Waals surface area contributed by atoms with E-state index in [-0.39, 0.29) is 30.0 Å². The van der Waals surface area contributed by atoms with E-state index in [1.807, 2.05) is 11.7 Å². The molecule has 2 unspecified atom stereocenters. The highest BCUT2D eigenvalue weighted by atomic mass is 32.2. The van der Waals surface area contributed by atoms with Crippen LogP contribution >= 0.6 is 0 Å². The van der Waals surface area contributed by atoms with Crippen molar-refractivity contribution in [2.45, 2.75) is 81.1 Å². The van der Waals surface area contributed by atoms with E-state index in [0.717, 1.165) is 49.1 Å². The summed E-state index contributed by atoms with van der Waals surface area (Å²) in [4.78, 5) is 34.8. The number of alkyl halides is 2. The molecule has 15 heteroatoms. The number of sulfonamides is 1. The summed E-state index contributed by atoms with van der Waals surface area (Å²) in [7, 11) is -1.48. The normalized spacial score (nSPS) is 24.6. The number of nitrogens with zero attached hydrogens (tertiary/aromatic N) is 6. The van der Waals surface area contributed by atoms with Crippen LogP contribution in [0, 0.1) is 0 Å². The van der Waals surface area contributed by atoms with Crippen molar-refractivity contribution >= 4 is 38.7 Å². The van der Waals surface area contributed by atoms with Crippen LogP contribution < -0.4 is 10.6 Å². The second-order valence-electron chi connectivity index (χ2n) is 13.8. The van der Waals surface area contributed by atoms with Crippen LogP contribution in [0.1, 0.15) is 85.9 Å². The summed E-state index contributed by atoms with van der Waals surface area (Å²) in [6.07, 6.45) is 7.33. The van der Waals surface area contributed by atoms with E-state index in [9.17, 15) is 26.8 Å². The number of hydrogen-bond donors (Lipinski definition) is 2. The van der Waals surface area contributed by atoms with Crippen molar-refractivity contribution in [2.75, 3.05) is 43.8 Å². The van der Waals surface area contributed by atoms with Gasteiger partial charge in [-0.05, 0) is 81.3 Å². The first-order valence-electron chi connectivity index (χ1n) is 16.9. The van der Waals surface area contributed by atoms with Gasteiger partial charge in [0.15, 0.2) is 0 Å². The van der Waals surface area contributed by atoms with Crippen molar-refractivity contribution in [2.24, 2.45) is 7.05 Å². The second-order valence-corrected chi connectivity index (χ2v) is 15.8. The molecule has 2 amide bonds. The fourth-order valence-electron chi connectivity index (χ4n) is 7.49. The van der Waals surface area contributed by atoms with E-state index in [2.05, 4.69) is 48.8 Å². The van der Waals surface area contributed by atoms with E-state index in [1.54, 1.807) is 4.31 Å². The Morgan fingerprint density at radius 1 is 1.00 bits per heavy atom. The highest BCUT2D eigenvalue weighted by molar-refractivity contribution is 7.89. The minimum atomic E-state index is -3.36. The number of piperidine rings is 3. The topological polar surface area (TPSA) is 142 Å². The summed E-state index contributed by atoms with van der Waals surface area (Å²) in [5.74, 6) is -3.49. The number of rotatable bonds is 10. The Bertz CT molecular complexity index is 1780. The smallest absolute Gasteiger partial charge is 0.256 e. The largest absolute Gasteiger partial charge is 0.351 e. The van der Waals surface area contributed by atoms with E-state index in [1.165, 1.54) is 18.0 Å². The highest BCUT2D eigenvalue weighted by Gasteiger charge is 2.57. The van der Waals surface area contributed by atoms with Crippen molar-refractivity contribution in [3.63, 3.8) is 0 Å². The second kappa shape index (κ2) is 13.0. The molecule has 3 aliphatic heterocycles. The number of aromatic nitrogens is 4. The van der Waals surface area contributed by atoms with Gasteiger partial charge in [-0.25, -0.2) is 31.5 Å². The fourth-order valence-corrected chi connectivity index (χ4v) is 9.01. The van der Waals surface area contributed by atoms with Crippen molar-refractivity contribution in [1.82, 2.24) is 34.3 Å². The molecule has 1 saturated carbocycles. The number of anilines is 1. The molecule has 4 aliphatic rings. The molecule has 48 heavy (non-hydrogen) atoms. The van der Waals surface area contributed by atoms with Crippen LogP contribution in [0.15, 0.2) is 30.6 Å². The van der Waals surface area contributed by atoms with Gasteiger partial charge in [-0.2, -0.15) is 5.10 Å². The lowest BCUT2D eigenvalue weighted by molar-refractivity contribution is -0.134. The number of nitrogens with one attached hydrogen (secondary N) is 2. The molecule has 3 aromatic rings. The summed E-state index contributed by atoms with van der Waals surface area (Å²) in [6.45, 7) is 3.39. The maximum atomic E-state index is 13.3. The van der Waals surface area contributed by atoms with Crippen LogP contribution in [-0.2, 0) is 26.7 Å². The number of likely N-dealkylation sites (tertiary alicyclic amines) is 1. The van der Waals surface area contributed by atoms with Gasteiger partial charge in [0.1, 0.15) is 0 Å². The Morgan fingerprint density at radius 3 is 2.38 bits per heavy atom. The molecule has 3 saturated heterocycles. The average Bonchev–Trinajstić information content (AvgIpc) is 3.59. The predicted molar refractivity (Wildman–Crippen MR) is 175 cm³/mol. The van der Waals surface area contributed by atoms with E-state index in [0.29, 0.717) is 62.6 Å². The van der Waals surface area contributed by atoms with Crippen LogP contribution in [0.4, 0.5) is 14.7 Å². The molecule has 0 radical (unpaired) electrons. The van der Waals surface area contributed by atoms with Gasteiger partial charge in [-0.3, -0.25) is 19.6 Å². The lowest BCUT2D eigenvalue weighted by Gasteiger charge is -2.33. The molecule has 258 valence electrons. The summed E-state index contributed by atoms with van der Waals surface area (Å²) >= 11 is 0. The summed E-state index contributed by atoms with van der Waals surface area (Å²) in [5, 5.41) is 11.3. The maximum absolute atomic E-state index is 13.3. The average molecular weight is 685 g/mol. The van der Waals surface area contributed by atoms with E-state index >= 15 is 0 Å². The SMILES string of the molecule is Cn1nc(C2CCC(=O)NC2=O)c2ccc(C3CCN(CCCS(=O)(=O)N4CCC(Nc5ncc(C6CC6(F)F)cn5)CC4)CC3)cc21. The number of carbonyl (C=O) groups excluding carboxylic acids is 2. The first-order valence-corrected chi connectivity index (χ1v) is 18.5. The van der Waals surface area contributed by atoms with Crippen molar-refractivity contribution < 1.29 is 26.8 Å². The van der Waals surface area contributed by atoms with Gasteiger partial charge in [0.25, 0.3) is 5.92 Å². The molecule has 0 bridgehead atoms. The van der Waals surface area contributed by atoms with Crippen LogP contribution in [-0.4, -0.2) is 99.6 Å². The molecule has 2 atom stereocenters. The van der Waals surface area contributed by atoms with Gasteiger partial charge in [-0.15, -0.1) is 0 Å². The summed E-state index contributed by atoms with van der Waals surface area (Å²) in [6, 6.07) is 6.38. The predicted octanol–water partition coefficient (Wildman–Crippen LogP) is 3.48. The Balaban J connectivity index is 0.845. The molecule has 7 rings (SSSR count). The number of aryl methyl sites for hydroxylation is 1. The first-order chi connectivity index (χ1) is 23.0. The molecular formula is C33H42F2N8O4S. The van der Waals surface area contributed by atoms with Gasteiger partial charge in [-0.1, -0.05) is 12.1 Å². The third kappa shape index (κ3) is 6.95. The number of halogens is 2. The zero-order valence-electron chi connectivity index (χ0n) is 27.1. The lowest BCUT2D eigenvalue weighted by Crippen LogP contribution is -2.44. The fraction of sp³-hybridized carbons (Fsp3) is 0.606. The monoisotopic (exact) mass is 684 g/mol. The van der Waals surface area contributed by atoms with Gasteiger partial charge in [0, 0.05) is 56.8 Å².